The van der Waals surface area contributed by atoms with Gasteiger partial charge in [-0.1, -0.05) is 18.5 Å². The molecule has 9 heteroatoms. The van der Waals surface area contributed by atoms with Crippen molar-refractivity contribution in [1.82, 2.24) is 14.9 Å². The van der Waals surface area contributed by atoms with Crippen LogP contribution in [0, 0.1) is 12.8 Å². The van der Waals surface area contributed by atoms with Gasteiger partial charge < -0.3 is 19.9 Å². The summed E-state index contributed by atoms with van der Waals surface area (Å²) in [5.74, 6) is -0.490. The predicted molar refractivity (Wildman–Crippen MR) is 113 cm³/mol. The first-order chi connectivity index (χ1) is 14.3. The van der Waals surface area contributed by atoms with Crippen LogP contribution in [0.15, 0.2) is 18.3 Å². The van der Waals surface area contributed by atoms with Gasteiger partial charge in [0.05, 0.1) is 17.7 Å². The number of carbonyl (C=O) groups is 3. The number of hydrogen-bond donors (Lipinski definition) is 2. The number of piperidine rings is 1. The van der Waals surface area contributed by atoms with Crippen LogP contribution in [0.2, 0.25) is 5.02 Å². The fourth-order valence-electron chi connectivity index (χ4n) is 3.70. The number of aryl methyl sites for hydroxylation is 1. The van der Waals surface area contributed by atoms with E-state index in [4.69, 9.17) is 16.3 Å². The number of hydrogen-bond acceptors (Lipinski definition) is 5. The molecule has 30 heavy (non-hydrogen) atoms. The van der Waals surface area contributed by atoms with Crippen molar-refractivity contribution >= 4 is 35.2 Å². The van der Waals surface area contributed by atoms with E-state index in [9.17, 15) is 14.4 Å². The highest BCUT2D eigenvalue weighted by atomic mass is 35.5. The third kappa shape index (κ3) is 4.48. The number of nitrogens with zero attached hydrogens (tertiary/aromatic N) is 2. The molecule has 2 N–H and O–H groups in total. The number of pyridine rings is 1. The Kier molecular flexibility index (Phi) is 6.77. The SMILES string of the molecule is CCc1[nH]c(C(=O)N2CCC(C(=O)Nc3ccc(Cl)cn3)CC2)c(C)c1C(=O)OC. The zero-order valence-electron chi connectivity index (χ0n) is 17.3. The molecular formula is C21H25ClN4O4. The molecule has 0 aromatic carbocycles. The zero-order valence-corrected chi connectivity index (χ0v) is 18.0. The van der Waals surface area contributed by atoms with Crippen molar-refractivity contribution in [2.75, 3.05) is 25.5 Å². The van der Waals surface area contributed by atoms with Gasteiger partial charge in [0, 0.05) is 30.9 Å². The molecule has 160 valence electrons. The van der Waals surface area contributed by atoms with Gasteiger partial charge in [-0.2, -0.15) is 0 Å². The molecule has 1 fully saturated rings. The minimum absolute atomic E-state index is 0.116. The Bertz CT molecular complexity index is 947. The Balaban J connectivity index is 1.64. The van der Waals surface area contributed by atoms with Crippen LogP contribution in [-0.4, -0.2) is 52.9 Å². The Morgan fingerprint density at radius 2 is 2.00 bits per heavy atom. The van der Waals surface area contributed by atoms with Crippen molar-refractivity contribution in [1.29, 1.82) is 0 Å². The first-order valence-electron chi connectivity index (χ1n) is 9.87. The average Bonchev–Trinajstić information content (AvgIpc) is 3.10. The third-order valence-electron chi connectivity index (χ3n) is 5.42. The molecular weight excluding hydrogens is 408 g/mol. The molecule has 2 aromatic rings. The minimum Gasteiger partial charge on any atom is -0.465 e. The number of H-pyrrole nitrogens is 1. The van der Waals surface area contributed by atoms with E-state index >= 15 is 0 Å². The number of rotatable bonds is 5. The molecule has 0 saturated carbocycles. The van der Waals surface area contributed by atoms with E-state index in [1.165, 1.54) is 13.3 Å². The number of nitrogens with one attached hydrogen (secondary N) is 2. The fraction of sp³-hybridized carbons (Fsp3) is 0.429. The number of esters is 1. The second-order valence-electron chi connectivity index (χ2n) is 7.24. The van der Waals surface area contributed by atoms with Crippen LogP contribution in [0.4, 0.5) is 5.82 Å². The van der Waals surface area contributed by atoms with E-state index in [0.717, 1.165) is 0 Å². The monoisotopic (exact) mass is 432 g/mol. The minimum atomic E-state index is -0.453. The molecule has 0 bridgehead atoms. The summed E-state index contributed by atoms with van der Waals surface area (Å²) in [6, 6.07) is 3.31. The Morgan fingerprint density at radius 1 is 1.30 bits per heavy atom. The standard InChI is InChI=1S/C21H25ClN4O4/c1-4-15-17(21(29)30-3)12(2)18(24-15)20(28)26-9-7-13(8-10-26)19(27)25-16-6-5-14(22)11-23-16/h5-6,11,13,24H,4,7-10H2,1-3H3,(H,23,25,27). The number of aromatic nitrogens is 2. The van der Waals surface area contributed by atoms with Crippen molar-refractivity contribution in [3.05, 3.63) is 45.9 Å². The lowest BCUT2D eigenvalue weighted by molar-refractivity contribution is -0.121. The van der Waals surface area contributed by atoms with Crippen LogP contribution in [-0.2, 0) is 16.0 Å². The van der Waals surface area contributed by atoms with Crippen LogP contribution in [0.5, 0.6) is 0 Å². The van der Waals surface area contributed by atoms with Crippen molar-refractivity contribution in [3.8, 4) is 0 Å². The third-order valence-corrected chi connectivity index (χ3v) is 5.64. The van der Waals surface area contributed by atoms with Crippen molar-refractivity contribution in [2.45, 2.75) is 33.1 Å². The summed E-state index contributed by atoms with van der Waals surface area (Å²) in [5, 5.41) is 3.29. The fourth-order valence-corrected chi connectivity index (χ4v) is 3.81. The molecule has 3 heterocycles. The van der Waals surface area contributed by atoms with Gasteiger partial charge in [0.25, 0.3) is 5.91 Å². The van der Waals surface area contributed by atoms with Crippen LogP contribution in [0.25, 0.3) is 0 Å². The van der Waals surface area contributed by atoms with Crippen LogP contribution < -0.4 is 5.32 Å². The van der Waals surface area contributed by atoms with Gasteiger partial charge >= 0.3 is 5.97 Å². The number of halogens is 1. The smallest absolute Gasteiger partial charge is 0.339 e. The lowest BCUT2D eigenvalue weighted by atomic mass is 9.95. The summed E-state index contributed by atoms with van der Waals surface area (Å²) in [5.41, 5.74) is 2.11. The van der Waals surface area contributed by atoms with Gasteiger partial charge in [0.1, 0.15) is 11.5 Å². The second-order valence-corrected chi connectivity index (χ2v) is 7.68. The number of methoxy groups -OCH3 is 1. The quantitative estimate of drug-likeness (QED) is 0.706. The van der Waals surface area contributed by atoms with Crippen LogP contribution in [0.3, 0.4) is 0 Å². The molecule has 0 spiro atoms. The van der Waals surface area contributed by atoms with Gasteiger partial charge in [-0.3, -0.25) is 9.59 Å². The van der Waals surface area contributed by atoms with E-state index in [1.54, 1.807) is 24.0 Å². The number of ether oxygens (including phenoxy) is 1. The lowest BCUT2D eigenvalue weighted by Crippen LogP contribution is -2.41. The van der Waals surface area contributed by atoms with E-state index in [-0.39, 0.29) is 17.7 Å². The number of likely N-dealkylation sites (tertiary alicyclic amines) is 1. The van der Waals surface area contributed by atoms with E-state index in [0.29, 0.717) is 65.7 Å². The first kappa shape index (κ1) is 21.8. The number of amides is 2. The van der Waals surface area contributed by atoms with Gasteiger partial charge in [0.2, 0.25) is 5.91 Å². The second kappa shape index (κ2) is 9.30. The normalized spacial score (nSPS) is 14.5. The summed E-state index contributed by atoms with van der Waals surface area (Å²) in [6.45, 7) is 4.57. The number of carbonyl (C=O) groups excluding carboxylic acids is 3. The summed E-state index contributed by atoms with van der Waals surface area (Å²) in [4.78, 5) is 46.5. The van der Waals surface area contributed by atoms with Gasteiger partial charge in [0.15, 0.2) is 0 Å². The topological polar surface area (TPSA) is 104 Å². The maximum Gasteiger partial charge on any atom is 0.339 e. The lowest BCUT2D eigenvalue weighted by Gasteiger charge is -2.31. The maximum atomic E-state index is 13.0. The summed E-state index contributed by atoms with van der Waals surface area (Å²) in [7, 11) is 1.32. The largest absolute Gasteiger partial charge is 0.465 e. The van der Waals surface area contributed by atoms with Gasteiger partial charge in [-0.15, -0.1) is 0 Å². The van der Waals surface area contributed by atoms with Crippen LogP contribution in [0.1, 0.15) is 51.9 Å². The Labute approximate surface area is 180 Å². The van der Waals surface area contributed by atoms with E-state index in [1.807, 2.05) is 6.92 Å². The van der Waals surface area contributed by atoms with Crippen LogP contribution >= 0.6 is 11.6 Å². The van der Waals surface area contributed by atoms with E-state index < -0.39 is 5.97 Å². The molecule has 2 amide bonds. The molecule has 1 aliphatic rings. The zero-order chi connectivity index (χ0) is 21.8. The number of aromatic amines is 1. The Hall–Kier alpha value is -2.87. The Morgan fingerprint density at radius 3 is 2.57 bits per heavy atom. The molecule has 0 radical (unpaired) electrons. The molecule has 3 rings (SSSR count). The van der Waals surface area contributed by atoms with Crippen molar-refractivity contribution in [3.63, 3.8) is 0 Å². The molecule has 1 aliphatic heterocycles. The predicted octanol–water partition coefficient (Wildman–Crippen LogP) is 3.21. The molecule has 0 aliphatic carbocycles. The highest BCUT2D eigenvalue weighted by molar-refractivity contribution is 6.30. The van der Waals surface area contributed by atoms with Crippen molar-refractivity contribution < 1.29 is 19.1 Å². The maximum absolute atomic E-state index is 13.0. The average molecular weight is 433 g/mol. The van der Waals surface area contributed by atoms with E-state index in [2.05, 4.69) is 15.3 Å². The first-order valence-corrected chi connectivity index (χ1v) is 10.2. The molecule has 1 saturated heterocycles. The molecule has 0 unspecified atom stereocenters. The van der Waals surface area contributed by atoms with Crippen molar-refractivity contribution in [2.24, 2.45) is 5.92 Å². The summed E-state index contributed by atoms with van der Waals surface area (Å²) in [6.07, 6.45) is 3.16. The molecule has 2 aromatic heterocycles. The van der Waals surface area contributed by atoms with Gasteiger partial charge in [-0.05, 0) is 43.9 Å². The molecule has 0 atom stereocenters. The highest BCUT2D eigenvalue weighted by Crippen LogP contribution is 2.25. The van der Waals surface area contributed by atoms with Gasteiger partial charge in [-0.25, -0.2) is 9.78 Å². The number of anilines is 1. The summed E-state index contributed by atoms with van der Waals surface area (Å²) >= 11 is 5.81. The molecule has 8 nitrogen and oxygen atoms in total. The highest BCUT2D eigenvalue weighted by Gasteiger charge is 2.31. The summed E-state index contributed by atoms with van der Waals surface area (Å²) < 4.78 is 4.85.